The zero-order valence-electron chi connectivity index (χ0n) is 10.1. The largest absolute Gasteiger partial charge is 0.352 e. The number of carbonyl (C=O) groups excluding carboxylic acids is 1. The molecule has 92 valence electrons. The minimum Gasteiger partial charge on any atom is -0.352 e. The van der Waals surface area contributed by atoms with Crippen LogP contribution in [0.3, 0.4) is 0 Å². The topological polar surface area (TPSA) is 53.2 Å². The molecule has 4 heteroatoms. The fraction of sp³-hybridized carbons (Fsp3) is 0.917. The maximum Gasteiger partial charge on any atom is 0.238 e. The van der Waals surface area contributed by atoms with Crippen molar-refractivity contribution in [2.24, 2.45) is 5.92 Å². The molecule has 0 aromatic heterocycles. The summed E-state index contributed by atoms with van der Waals surface area (Å²) in [5.74, 6) is 1.01. The van der Waals surface area contributed by atoms with Crippen molar-refractivity contribution in [3.8, 4) is 0 Å². The third-order valence-electron chi connectivity index (χ3n) is 3.72. The lowest BCUT2D eigenvalue weighted by Gasteiger charge is -2.30. The average Bonchev–Trinajstić information content (AvgIpc) is 2.33. The van der Waals surface area contributed by atoms with E-state index in [2.05, 4.69) is 22.9 Å². The van der Waals surface area contributed by atoms with Gasteiger partial charge in [0, 0.05) is 25.7 Å². The highest BCUT2D eigenvalue weighted by Gasteiger charge is 2.24. The normalized spacial score (nSPS) is 35.7. The van der Waals surface area contributed by atoms with Crippen LogP contribution in [0.4, 0.5) is 0 Å². The van der Waals surface area contributed by atoms with E-state index in [-0.39, 0.29) is 11.9 Å². The molecule has 0 spiro atoms. The molecule has 2 fully saturated rings. The number of hydrogen-bond acceptors (Lipinski definition) is 3. The van der Waals surface area contributed by atoms with Gasteiger partial charge in [-0.3, -0.25) is 4.79 Å². The molecule has 1 saturated carbocycles. The van der Waals surface area contributed by atoms with Crippen LogP contribution in [0.15, 0.2) is 0 Å². The van der Waals surface area contributed by atoms with Crippen LogP contribution in [0.2, 0.25) is 0 Å². The molecule has 1 atom stereocenters. The predicted octanol–water partition coefficient (Wildman–Crippen LogP) is 0.243. The van der Waals surface area contributed by atoms with Crippen molar-refractivity contribution < 1.29 is 4.79 Å². The highest BCUT2D eigenvalue weighted by atomic mass is 16.2. The van der Waals surface area contributed by atoms with E-state index in [4.69, 9.17) is 0 Å². The SMILES string of the molecule is CC1CCC(NC(=O)C2CNCCN2)CC1. The molecule has 4 nitrogen and oxygen atoms in total. The molecule has 1 aliphatic carbocycles. The monoisotopic (exact) mass is 225 g/mol. The number of carbonyl (C=O) groups is 1. The van der Waals surface area contributed by atoms with Gasteiger partial charge in [0.05, 0.1) is 6.04 Å². The Morgan fingerprint density at radius 2 is 1.94 bits per heavy atom. The average molecular weight is 225 g/mol. The van der Waals surface area contributed by atoms with E-state index in [0.29, 0.717) is 6.04 Å². The molecule has 16 heavy (non-hydrogen) atoms. The van der Waals surface area contributed by atoms with Crippen molar-refractivity contribution in [3.05, 3.63) is 0 Å². The molecule has 0 bridgehead atoms. The molecule has 1 aliphatic heterocycles. The first-order valence-electron chi connectivity index (χ1n) is 6.50. The Hall–Kier alpha value is -0.610. The molecule has 1 amide bonds. The van der Waals surface area contributed by atoms with Gasteiger partial charge < -0.3 is 16.0 Å². The standard InChI is InChI=1S/C12H23N3O/c1-9-2-4-10(5-3-9)15-12(16)11-8-13-6-7-14-11/h9-11,13-14H,2-8H2,1H3,(H,15,16). The zero-order valence-corrected chi connectivity index (χ0v) is 10.1. The first kappa shape index (κ1) is 11.9. The Morgan fingerprint density at radius 1 is 1.19 bits per heavy atom. The maximum atomic E-state index is 11.9. The van der Waals surface area contributed by atoms with Crippen molar-refractivity contribution in [2.45, 2.75) is 44.7 Å². The van der Waals surface area contributed by atoms with Crippen molar-refractivity contribution in [1.29, 1.82) is 0 Å². The van der Waals surface area contributed by atoms with Crippen LogP contribution in [0, 0.1) is 5.92 Å². The second-order valence-corrected chi connectivity index (χ2v) is 5.18. The third kappa shape index (κ3) is 3.19. The summed E-state index contributed by atoms with van der Waals surface area (Å²) < 4.78 is 0. The fourth-order valence-corrected chi connectivity index (χ4v) is 2.54. The van der Waals surface area contributed by atoms with Gasteiger partial charge in [-0.15, -0.1) is 0 Å². The molecule has 0 radical (unpaired) electrons. The van der Waals surface area contributed by atoms with Crippen molar-refractivity contribution in [3.63, 3.8) is 0 Å². The third-order valence-corrected chi connectivity index (χ3v) is 3.72. The van der Waals surface area contributed by atoms with Crippen LogP contribution in [0.1, 0.15) is 32.6 Å². The lowest BCUT2D eigenvalue weighted by molar-refractivity contribution is -0.124. The van der Waals surface area contributed by atoms with Gasteiger partial charge in [-0.05, 0) is 31.6 Å². The summed E-state index contributed by atoms with van der Waals surface area (Å²) in [6.45, 7) is 4.91. The van der Waals surface area contributed by atoms with E-state index in [1.165, 1.54) is 12.8 Å². The zero-order chi connectivity index (χ0) is 11.4. The van der Waals surface area contributed by atoms with Gasteiger partial charge in [-0.2, -0.15) is 0 Å². The van der Waals surface area contributed by atoms with Crippen LogP contribution < -0.4 is 16.0 Å². The molecular formula is C12H23N3O. The number of hydrogen-bond donors (Lipinski definition) is 3. The van der Waals surface area contributed by atoms with Gasteiger partial charge >= 0.3 is 0 Å². The fourth-order valence-electron chi connectivity index (χ4n) is 2.54. The van der Waals surface area contributed by atoms with E-state index < -0.39 is 0 Å². The Labute approximate surface area is 97.6 Å². The molecule has 3 N–H and O–H groups in total. The van der Waals surface area contributed by atoms with E-state index in [9.17, 15) is 4.79 Å². The Kier molecular flexibility index (Phi) is 4.18. The Morgan fingerprint density at radius 3 is 2.56 bits per heavy atom. The molecular weight excluding hydrogens is 202 g/mol. The maximum absolute atomic E-state index is 11.9. The van der Waals surface area contributed by atoms with E-state index in [1.54, 1.807) is 0 Å². The molecule has 0 aromatic rings. The van der Waals surface area contributed by atoms with Crippen LogP contribution in [-0.2, 0) is 4.79 Å². The smallest absolute Gasteiger partial charge is 0.238 e. The molecule has 1 heterocycles. The quantitative estimate of drug-likeness (QED) is 0.631. The van der Waals surface area contributed by atoms with Gasteiger partial charge in [0.1, 0.15) is 0 Å². The van der Waals surface area contributed by atoms with Crippen LogP contribution >= 0.6 is 0 Å². The van der Waals surface area contributed by atoms with Gasteiger partial charge in [0.15, 0.2) is 0 Å². The van der Waals surface area contributed by atoms with Gasteiger partial charge in [0.2, 0.25) is 5.91 Å². The second kappa shape index (κ2) is 5.64. The van der Waals surface area contributed by atoms with E-state index in [0.717, 1.165) is 38.4 Å². The lowest BCUT2D eigenvalue weighted by Crippen LogP contribution is -2.57. The molecule has 1 saturated heterocycles. The van der Waals surface area contributed by atoms with E-state index in [1.807, 2.05) is 0 Å². The first-order chi connectivity index (χ1) is 7.75. The summed E-state index contributed by atoms with van der Waals surface area (Å²) in [6.07, 6.45) is 4.79. The minimum absolute atomic E-state index is 0.0342. The van der Waals surface area contributed by atoms with Crippen molar-refractivity contribution in [2.75, 3.05) is 19.6 Å². The second-order valence-electron chi connectivity index (χ2n) is 5.18. The summed E-state index contributed by atoms with van der Waals surface area (Å²) in [4.78, 5) is 11.9. The number of piperazine rings is 1. The van der Waals surface area contributed by atoms with Crippen LogP contribution in [0.25, 0.3) is 0 Å². The molecule has 2 rings (SSSR count). The summed E-state index contributed by atoms with van der Waals surface area (Å²) in [5, 5.41) is 9.65. The van der Waals surface area contributed by atoms with Gasteiger partial charge in [-0.25, -0.2) is 0 Å². The predicted molar refractivity (Wildman–Crippen MR) is 64.2 cm³/mol. The first-order valence-corrected chi connectivity index (χ1v) is 6.50. The van der Waals surface area contributed by atoms with E-state index >= 15 is 0 Å². The highest BCUT2D eigenvalue weighted by Crippen LogP contribution is 2.23. The summed E-state index contributed by atoms with van der Waals surface area (Å²) in [5.41, 5.74) is 0. The molecule has 2 aliphatic rings. The number of rotatable bonds is 2. The van der Waals surface area contributed by atoms with Crippen LogP contribution in [-0.4, -0.2) is 37.6 Å². The van der Waals surface area contributed by atoms with Crippen molar-refractivity contribution >= 4 is 5.91 Å². The van der Waals surface area contributed by atoms with Gasteiger partial charge in [0.25, 0.3) is 0 Å². The van der Waals surface area contributed by atoms with Gasteiger partial charge in [-0.1, -0.05) is 6.92 Å². The summed E-state index contributed by atoms with van der Waals surface area (Å²) in [6, 6.07) is 0.375. The van der Waals surface area contributed by atoms with Crippen LogP contribution in [0.5, 0.6) is 0 Å². The highest BCUT2D eigenvalue weighted by molar-refractivity contribution is 5.82. The number of amides is 1. The molecule has 0 aromatic carbocycles. The number of nitrogens with one attached hydrogen (secondary N) is 3. The summed E-state index contributed by atoms with van der Waals surface area (Å²) in [7, 11) is 0. The summed E-state index contributed by atoms with van der Waals surface area (Å²) >= 11 is 0. The Bertz CT molecular complexity index is 230. The molecule has 1 unspecified atom stereocenters. The lowest BCUT2D eigenvalue weighted by atomic mass is 9.87. The Balaban J connectivity index is 1.73. The minimum atomic E-state index is -0.0342. The van der Waals surface area contributed by atoms with Crippen molar-refractivity contribution in [1.82, 2.24) is 16.0 Å².